The number of ketones is 1. The number of carbonyl (C=O) groups excluding carboxylic acids is 1. The van der Waals surface area contributed by atoms with Crippen molar-refractivity contribution >= 4 is 17.6 Å². The molecule has 0 amide bonds. The van der Waals surface area contributed by atoms with Crippen LogP contribution < -0.4 is 5.32 Å². The SMILES string of the molecule is C=C(NC(CC)c1ccccc1)c1ccc(C(C)C(C)C(=O)c2cccc(F)c2F)c(/C=C\C)c1. The van der Waals surface area contributed by atoms with Crippen molar-refractivity contribution in [3.8, 4) is 0 Å². The number of benzene rings is 3. The van der Waals surface area contributed by atoms with Gasteiger partial charge in [0.1, 0.15) is 0 Å². The average molecular weight is 474 g/mol. The Bertz CT molecular complexity index is 1220. The molecule has 4 heteroatoms. The standard InChI is InChI=1S/C31H33F2NO/c1-6-12-25-19-24(22(5)34-29(7-2)23-13-9-8-10-14-23)17-18-26(25)20(3)21(4)31(35)27-15-11-16-28(32)30(27)33/h6,8-21,29,34H,5,7H2,1-4H3/b12-6-. The van der Waals surface area contributed by atoms with Crippen molar-refractivity contribution in [1.82, 2.24) is 5.32 Å². The van der Waals surface area contributed by atoms with E-state index in [0.717, 1.165) is 34.9 Å². The van der Waals surface area contributed by atoms with Crippen molar-refractivity contribution in [3.63, 3.8) is 0 Å². The third-order valence-corrected chi connectivity index (χ3v) is 6.61. The second kappa shape index (κ2) is 11.7. The number of rotatable bonds is 10. The van der Waals surface area contributed by atoms with Crippen molar-refractivity contribution in [1.29, 1.82) is 0 Å². The second-order valence-corrected chi connectivity index (χ2v) is 8.88. The minimum Gasteiger partial charge on any atom is -0.378 e. The molecule has 182 valence electrons. The highest BCUT2D eigenvalue weighted by atomic mass is 19.2. The molecular formula is C31H33F2NO. The molecule has 2 nitrogen and oxygen atoms in total. The van der Waals surface area contributed by atoms with Gasteiger partial charge in [-0.05, 0) is 59.7 Å². The summed E-state index contributed by atoms with van der Waals surface area (Å²) in [7, 11) is 0. The van der Waals surface area contributed by atoms with E-state index in [1.807, 2.05) is 56.3 Å². The van der Waals surface area contributed by atoms with Crippen molar-refractivity contribution < 1.29 is 13.6 Å². The molecule has 0 radical (unpaired) electrons. The highest BCUT2D eigenvalue weighted by Crippen LogP contribution is 2.33. The smallest absolute Gasteiger partial charge is 0.169 e. The summed E-state index contributed by atoms with van der Waals surface area (Å²) in [6.45, 7) is 12.0. The van der Waals surface area contributed by atoms with Gasteiger partial charge in [-0.15, -0.1) is 0 Å². The molecule has 0 aliphatic rings. The summed E-state index contributed by atoms with van der Waals surface area (Å²) in [5.41, 5.74) is 4.69. The summed E-state index contributed by atoms with van der Waals surface area (Å²) in [6, 6.07) is 20.2. The first kappa shape index (κ1) is 26.1. The maximum Gasteiger partial charge on any atom is 0.169 e. The van der Waals surface area contributed by atoms with E-state index in [4.69, 9.17) is 0 Å². The van der Waals surface area contributed by atoms with Crippen molar-refractivity contribution in [2.24, 2.45) is 5.92 Å². The molecule has 0 aliphatic heterocycles. The molecule has 3 aromatic rings. The topological polar surface area (TPSA) is 29.1 Å². The number of nitrogens with one attached hydrogen (secondary N) is 1. The fourth-order valence-corrected chi connectivity index (χ4v) is 4.34. The highest BCUT2D eigenvalue weighted by molar-refractivity contribution is 5.98. The zero-order valence-electron chi connectivity index (χ0n) is 20.8. The van der Waals surface area contributed by atoms with Crippen LogP contribution in [0.5, 0.6) is 0 Å². The zero-order chi connectivity index (χ0) is 25.5. The van der Waals surface area contributed by atoms with Gasteiger partial charge in [0, 0.05) is 11.6 Å². The maximum absolute atomic E-state index is 14.3. The first-order chi connectivity index (χ1) is 16.8. The van der Waals surface area contributed by atoms with Crippen LogP contribution in [0.25, 0.3) is 11.8 Å². The quantitative estimate of drug-likeness (QED) is 0.300. The number of hydrogen-bond donors (Lipinski definition) is 1. The number of hydrogen-bond acceptors (Lipinski definition) is 2. The third kappa shape index (κ3) is 5.94. The van der Waals surface area contributed by atoms with Gasteiger partial charge in [0.2, 0.25) is 0 Å². The molecule has 0 saturated heterocycles. The molecule has 3 aromatic carbocycles. The molecule has 3 atom stereocenters. The van der Waals surface area contributed by atoms with Crippen LogP contribution in [0.3, 0.4) is 0 Å². The minimum absolute atomic E-state index is 0.145. The molecule has 35 heavy (non-hydrogen) atoms. The molecular weight excluding hydrogens is 440 g/mol. The summed E-state index contributed by atoms with van der Waals surface area (Å²) >= 11 is 0. The fraction of sp³-hybridized carbons (Fsp3) is 0.258. The predicted octanol–water partition coefficient (Wildman–Crippen LogP) is 8.33. The number of halogens is 2. The molecule has 3 rings (SSSR count). The van der Waals surface area contributed by atoms with Crippen molar-refractivity contribution in [3.05, 3.63) is 119 Å². The maximum atomic E-state index is 14.3. The monoisotopic (exact) mass is 473 g/mol. The van der Waals surface area contributed by atoms with Gasteiger partial charge in [-0.2, -0.15) is 0 Å². The molecule has 0 spiro atoms. The summed E-state index contributed by atoms with van der Waals surface area (Å²) in [5, 5.41) is 3.54. The molecule has 1 N–H and O–H groups in total. The lowest BCUT2D eigenvalue weighted by molar-refractivity contribution is 0.0910. The average Bonchev–Trinajstić information content (AvgIpc) is 2.88. The Labute approximate surface area is 207 Å². The van der Waals surface area contributed by atoms with E-state index in [1.54, 1.807) is 6.92 Å². The lowest BCUT2D eigenvalue weighted by Gasteiger charge is -2.24. The van der Waals surface area contributed by atoms with Gasteiger partial charge >= 0.3 is 0 Å². The van der Waals surface area contributed by atoms with E-state index < -0.39 is 23.3 Å². The molecule has 0 fully saturated rings. The number of allylic oxidation sites excluding steroid dienone is 1. The Hall–Kier alpha value is -3.53. The molecule has 0 saturated carbocycles. The van der Waals surface area contributed by atoms with Crippen LogP contribution in [0.4, 0.5) is 8.78 Å². The van der Waals surface area contributed by atoms with Crippen LogP contribution in [0, 0.1) is 17.6 Å². The van der Waals surface area contributed by atoms with Crippen LogP contribution in [-0.4, -0.2) is 5.78 Å². The predicted molar refractivity (Wildman–Crippen MR) is 141 cm³/mol. The highest BCUT2D eigenvalue weighted by Gasteiger charge is 2.27. The minimum atomic E-state index is -1.09. The van der Waals surface area contributed by atoms with Crippen molar-refractivity contribution in [2.75, 3.05) is 0 Å². The Kier molecular flexibility index (Phi) is 8.75. The summed E-state index contributed by atoms with van der Waals surface area (Å²) in [4.78, 5) is 13.0. The Balaban J connectivity index is 1.86. The molecule has 0 bridgehead atoms. The lowest BCUT2D eigenvalue weighted by Crippen LogP contribution is -2.21. The van der Waals surface area contributed by atoms with Gasteiger partial charge in [-0.3, -0.25) is 4.79 Å². The van der Waals surface area contributed by atoms with Gasteiger partial charge in [0.25, 0.3) is 0 Å². The van der Waals surface area contributed by atoms with Crippen molar-refractivity contribution in [2.45, 2.75) is 46.1 Å². The van der Waals surface area contributed by atoms with E-state index in [-0.39, 0.29) is 17.5 Å². The van der Waals surface area contributed by atoms with Crippen LogP contribution in [0.1, 0.15) is 78.7 Å². The van der Waals surface area contributed by atoms with Gasteiger partial charge in [0.05, 0.1) is 11.6 Å². The van der Waals surface area contributed by atoms with Gasteiger partial charge in [-0.1, -0.05) is 88.0 Å². The van der Waals surface area contributed by atoms with Crippen LogP contribution >= 0.6 is 0 Å². The largest absolute Gasteiger partial charge is 0.378 e. The first-order valence-electron chi connectivity index (χ1n) is 12.0. The Morgan fingerprint density at radius 3 is 2.40 bits per heavy atom. The second-order valence-electron chi connectivity index (χ2n) is 8.88. The van der Waals surface area contributed by atoms with Crippen LogP contribution in [0.2, 0.25) is 0 Å². The molecule has 0 heterocycles. The lowest BCUT2D eigenvalue weighted by atomic mass is 9.81. The molecule has 0 aromatic heterocycles. The zero-order valence-corrected chi connectivity index (χ0v) is 20.8. The third-order valence-electron chi connectivity index (χ3n) is 6.61. The number of carbonyl (C=O) groups is 1. The van der Waals surface area contributed by atoms with E-state index in [0.29, 0.717) is 0 Å². The number of Topliss-reactive ketones (excluding diaryl/α,β-unsaturated/α-hetero) is 1. The summed E-state index contributed by atoms with van der Waals surface area (Å²) < 4.78 is 27.9. The Morgan fingerprint density at radius 1 is 1.03 bits per heavy atom. The molecule has 0 aliphatic carbocycles. The van der Waals surface area contributed by atoms with Crippen LogP contribution in [-0.2, 0) is 0 Å². The van der Waals surface area contributed by atoms with E-state index in [9.17, 15) is 13.6 Å². The van der Waals surface area contributed by atoms with E-state index >= 15 is 0 Å². The Morgan fingerprint density at radius 2 is 1.74 bits per heavy atom. The van der Waals surface area contributed by atoms with Gasteiger partial charge < -0.3 is 5.32 Å². The van der Waals surface area contributed by atoms with Crippen LogP contribution in [0.15, 0.2) is 79.4 Å². The van der Waals surface area contributed by atoms with Gasteiger partial charge in [0.15, 0.2) is 17.4 Å². The van der Waals surface area contributed by atoms with E-state index in [1.165, 1.54) is 17.7 Å². The normalized spacial score (nSPS) is 13.9. The summed E-state index contributed by atoms with van der Waals surface area (Å²) in [5.74, 6) is -3.26. The fourth-order valence-electron chi connectivity index (χ4n) is 4.34. The van der Waals surface area contributed by atoms with Gasteiger partial charge in [-0.25, -0.2) is 8.78 Å². The van der Waals surface area contributed by atoms with E-state index in [2.05, 4.69) is 37.0 Å². The summed E-state index contributed by atoms with van der Waals surface area (Å²) in [6.07, 6.45) is 4.86. The molecule has 3 unspecified atom stereocenters. The first-order valence-corrected chi connectivity index (χ1v) is 12.0.